The molecule has 0 radical (unpaired) electrons. The van der Waals surface area contributed by atoms with E-state index in [0.29, 0.717) is 23.1 Å². The van der Waals surface area contributed by atoms with Gasteiger partial charge < -0.3 is 10.6 Å². The summed E-state index contributed by atoms with van der Waals surface area (Å²) in [6, 6.07) is 12.6. The number of aromatic nitrogens is 4. The van der Waals surface area contributed by atoms with Gasteiger partial charge in [0.1, 0.15) is 0 Å². The van der Waals surface area contributed by atoms with Crippen LogP contribution in [0.15, 0.2) is 48.7 Å². The smallest absolute Gasteiger partial charge is 0.276 e. The summed E-state index contributed by atoms with van der Waals surface area (Å²) in [5.74, 6) is -0.0280. The summed E-state index contributed by atoms with van der Waals surface area (Å²) in [4.78, 5) is 16.4. The van der Waals surface area contributed by atoms with E-state index in [-0.39, 0.29) is 11.6 Å². The number of pyridine rings is 1. The lowest BCUT2D eigenvalue weighted by molar-refractivity contribution is 0.0946. The van der Waals surface area contributed by atoms with Crippen LogP contribution in [0, 0.1) is 0 Å². The van der Waals surface area contributed by atoms with E-state index in [1.807, 2.05) is 24.3 Å². The third-order valence-electron chi connectivity index (χ3n) is 3.01. The first-order valence-corrected chi connectivity index (χ1v) is 7.21. The second kappa shape index (κ2) is 6.89. The largest absolute Gasteiger partial charge is 0.345 e. The summed E-state index contributed by atoms with van der Waals surface area (Å²) in [7, 11) is 0. The van der Waals surface area contributed by atoms with E-state index in [1.54, 1.807) is 24.4 Å². The molecule has 0 aliphatic carbocycles. The molecule has 0 saturated heterocycles. The first-order chi connectivity index (χ1) is 11.2. The van der Waals surface area contributed by atoms with Gasteiger partial charge in [-0.15, -0.1) is 10.2 Å². The maximum Gasteiger partial charge on any atom is 0.276 e. The molecular formula is C15H13ClN6O. The van der Waals surface area contributed by atoms with Crippen molar-refractivity contribution in [2.75, 3.05) is 5.32 Å². The first kappa shape index (κ1) is 15.0. The second-order valence-corrected chi connectivity index (χ2v) is 5.10. The maximum absolute atomic E-state index is 12.2. The summed E-state index contributed by atoms with van der Waals surface area (Å²) >= 11 is 5.93. The van der Waals surface area contributed by atoms with E-state index in [2.05, 4.69) is 31.0 Å². The predicted molar refractivity (Wildman–Crippen MR) is 86.5 cm³/mol. The van der Waals surface area contributed by atoms with Crippen LogP contribution >= 0.6 is 11.6 Å². The quantitative estimate of drug-likeness (QED) is 0.669. The standard InChI is InChI=1S/C15H13ClN6O/c16-10-4-3-6-11(8-10)19-14-13(20-22-21-14)15(23)18-9-12-5-1-2-7-17-12/h1-8H,9H2,(H,18,23)(H2,19,20,21,22). The fraction of sp³-hybridized carbons (Fsp3) is 0.0667. The van der Waals surface area contributed by atoms with E-state index in [0.717, 1.165) is 5.69 Å². The highest BCUT2D eigenvalue weighted by molar-refractivity contribution is 6.30. The molecule has 0 aliphatic heterocycles. The van der Waals surface area contributed by atoms with Crippen LogP contribution in [0.3, 0.4) is 0 Å². The van der Waals surface area contributed by atoms with Crippen LogP contribution in [0.1, 0.15) is 16.2 Å². The normalized spacial score (nSPS) is 10.3. The Morgan fingerprint density at radius 1 is 1.17 bits per heavy atom. The molecule has 0 fully saturated rings. The number of nitrogens with zero attached hydrogens (tertiary/aromatic N) is 3. The number of anilines is 2. The van der Waals surface area contributed by atoms with Crippen molar-refractivity contribution < 1.29 is 4.79 Å². The maximum atomic E-state index is 12.2. The van der Waals surface area contributed by atoms with Crippen molar-refractivity contribution in [1.29, 1.82) is 0 Å². The monoisotopic (exact) mass is 328 g/mol. The van der Waals surface area contributed by atoms with Crippen LogP contribution in [0.25, 0.3) is 0 Å². The number of hydrogen-bond donors (Lipinski definition) is 3. The average molecular weight is 329 g/mol. The van der Waals surface area contributed by atoms with Gasteiger partial charge in [0.05, 0.1) is 12.2 Å². The van der Waals surface area contributed by atoms with Crippen LogP contribution in [-0.2, 0) is 6.54 Å². The zero-order valence-corrected chi connectivity index (χ0v) is 12.7. The molecule has 3 aromatic rings. The van der Waals surface area contributed by atoms with Gasteiger partial charge in [0, 0.05) is 16.9 Å². The van der Waals surface area contributed by atoms with Crippen LogP contribution in [0.2, 0.25) is 5.02 Å². The van der Waals surface area contributed by atoms with Crippen LogP contribution in [-0.4, -0.2) is 26.3 Å². The van der Waals surface area contributed by atoms with Gasteiger partial charge in [-0.2, -0.15) is 5.21 Å². The van der Waals surface area contributed by atoms with Gasteiger partial charge in [-0.05, 0) is 30.3 Å². The number of halogens is 1. The molecule has 8 heteroatoms. The Balaban J connectivity index is 1.69. The number of benzene rings is 1. The van der Waals surface area contributed by atoms with E-state index < -0.39 is 0 Å². The van der Waals surface area contributed by atoms with Crippen LogP contribution in [0.5, 0.6) is 0 Å². The summed E-state index contributed by atoms with van der Waals surface area (Å²) < 4.78 is 0. The third kappa shape index (κ3) is 3.83. The summed E-state index contributed by atoms with van der Waals surface area (Å²) in [5, 5.41) is 16.6. The Bertz CT molecular complexity index is 804. The van der Waals surface area contributed by atoms with E-state index in [1.165, 1.54) is 0 Å². The molecular weight excluding hydrogens is 316 g/mol. The minimum absolute atomic E-state index is 0.168. The van der Waals surface area contributed by atoms with Gasteiger partial charge in [0.25, 0.3) is 5.91 Å². The highest BCUT2D eigenvalue weighted by atomic mass is 35.5. The highest BCUT2D eigenvalue weighted by Gasteiger charge is 2.16. The molecule has 0 aliphatic rings. The number of rotatable bonds is 5. The van der Waals surface area contributed by atoms with Crippen molar-refractivity contribution in [3.63, 3.8) is 0 Å². The Kier molecular flexibility index (Phi) is 4.49. The molecule has 1 amide bonds. The summed E-state index contributed by atoms with van der Waals surface area (Å²) in [6.07, 6.45) is 1.67. The molecule has 23 heavy (non-hydrogen) atoms. The minimum Gasteiger partial charge on any atom is -0.345 e. The Morgan fingerprint density at radius 3 is 2.87 bits per heavy atom. The molecule has 1 aromatic carbocycles. The van der Waals surface area contributed by atoms with Gasteiger partial charge >= 0.3 is 0 Å². The third-order valence-corrected chi connectivity index (χ3v) is 3.24. The van der Waals surface area contributed by atoms with Crippen molar-refractivity contribution in [2.24, 2.45) is 0 Å². The highest BCUT2D eigenvalue weighted by Crippen LogP contribution is 2.20. The molecule has 0 bridgehead atoms. The van der Waals surface area contributed by atoms with Gasteiger partial charge in [-0.1, -0.05) is 23.7 Å². The lowest BCUT2D eigenvalue weighted by atomic mass is 10.3. The molecule has 2 aromatic heterocycles. The average Bonchev–Trinajstić information content (AvgIpc) is 3.02. The van der Waals surface area contributed by atoms with Gasteiger partial charge in [-0.25, -0.2) is 0 Å². The number of nitrogens with one attached hydrogen (secondary N) is 3. The van der Waals surface area contributed by atoms with E-state index >= 15 is 0 Å². The molecule has 0 saturated carbocycles. The lowest BCUT2D eigenvalue weighted by Gasteiger charge is -2.06. The number of carbonyl (C=O) groups is 1. The van der Waals surface area contributed by atoms with E-state index in [9.17, 15) is 4.79 Å². The van der Waals surface area contributed by atoms with Gasteiger partial charge in [0.15, 0.2) is 11.5 Å². The van der Waals surface area contributed by atoms with Crippen LogP contribution < -0.4 is 10.6 Å². The number of amides is 1. The molecule has 7 nitrogen and oxygen atoms in total. The second-order valence-electron chi connectivity index (χ2n) is 4.66. The zero-order chi connectivity index (χ0) is 16.1. The predicted octanol–water partition coefficient (Wildman–Crippen LogP) is 2.53. The van der Waals surface area contributed by atoms with Crippen molar-refractivity contribution in [1.82, 2.24) is 25.7 Å². The molecule has 0 spiro atoms. The molecule has 0 atom stereocenters. The number of aromatic amines is 1. The summed E-state index contributed by atoms with van der Waals surface area (Å²) in [6.45, 7) is 0.309. The summed E-state index contributed by atoms with van der Waals surface area (Å²) in [5.41, 5.74) is 1.64. The van der Waals surface area contributed by atoms with Crippen molar-refractivity contribution in [3.05, 3.63) is 65.1 Å². The van der Waals surface area contributed by atoms with Gasteiger partial charge in [-0.3, -0.25) is 9.78 Å². The van der Waals surface area contributed by atoms with E-state index in [4.69, 9.17) is 11.6 Å². The minimum atomic E-state index is -0.353. The van der Waals surface area contributed by atoms with Crippen LogP contribution in [0.4, 0.5) is 11.5 Å². The topological polar surface area (TPSA) is 95.6 Å². The molecule has 2 heterocycles. The van der Waals surface area contributed by atoms with Crippen molar-refractivity contribution in [3.8, 4) is 0 Å². The lowest BCUT2D eigenvalue weighted by Crippen LogP contribution is -2.24. The zero-order valence-electron chi connectivity index (χ0n) is 12.0. The Morgan fingerprint density at radius 2 is 2.09 bits per heavy atom. The fourth-order valence-corrected chi connectivity index (χ4v) is 2.13. The molecule has 0 unspecified atom stereocenters. The first-order valence-electron chi connectivity index (χ1n) is 6.84. The molecule has 3 rings (SSSR count). The Labute approximate surface area is 137 Å². The molecule has 3 N–H and O–H groups in total. The SMILES string of the molecule is O=C(NCc1ccccn1)c1n[nH]nc1Nc1cccc(Cl)c1. The van der Waals surface area contributed by atoms with Crippen molar-refractivity contribution in [2.45, 2.75) is 6.54 Å². The Hall–Kier alpha value is -2.93. The van der Waals surface area contributed by atoms with Gasteiger partial charge in [0.2, 0.25) is 0 Å². The number of H-pyrrole nitrogens is 1. The fourth-order valence-electron chi connectivity index (χ4n) is 1.94. The number of carbonyl (C=O) groups excluding carboxylic acids is 1. The van der Waals surface area contributed by atoms with Crippen molar-refractivity contribution >= 4 is 29.0 Å². The molecule has 116 valence electrons. The number of hydrogen-bond acceptors (Lipinski definition) is 5.